The minimum atomic E-state index is -0.864. The Hall–Kier alpha value is 0.130. The smallest absolute Gasteiger partial charge is 0.108 e. The van der Waals surface area contributed by atoms with Gasteiger partial charge in [-0.05, 0) is 0 Å². The molecule has 0 radical (unpaired) electrons. The van der Waals surface area contributed by atoms with Crippen molar-refractivity contribution in [3.63, 3.8) is 0 Å². The van der Waals surface area contributed by atoms with E-state index in [0.717, 1.165) is 0 Å². The van der Waals surface area contributed by atoms with Gasteiger partial charge in [0.25, 0.3) is 0 Å². The largest absolute Gasteiger partial charge is 0.395 e. The quantitative estimate of drug-likeness (QED) is 0.590. The molecule has 0 amide bonds. The average molecular weight is 197 g/mol. The predicted octanol–water partition coefficient (Wildman–Crippen LogP) is -0.638. The summed E-state index contributed by atoms with van der Waals surface area (Å²) in [5.41, 5.74) is 0. The van der Waals surface area contributed by atoms with Gasteiger partial charge < -0.3 is 19.7 Å². The van der Waals surface area contributed by atoms with Crippen LogP contribution in [-0.4, -0.2) is 54.2 Å². The summed E-state index contributed by atoms with van der Waals surface area (Å²) in [6.07, 6.45) is -1.27. The van der Waals surface area contributed by atoms with Crippen molar-refractivity contribution in [1.82, 2.24) is 0 Å². The molecule has 2 N–H and O–H groups in total. The molecule has 0 bridgehead atoms. The number of aliphatic hydroxyl groups is 2. The highest BCUT2D eigenvalue weighted by Gasteiger charge is 2.28. The number of alkyl halides is 1. The molecule has 3 atom stereocenters. The van der Waals surface area contributed by atoms with E-state index in [1.807, 2.05) is 0 Å². The summed E-state index contributed by atoms with van der Waals surface area (Å²) < 4.78 is 10.3. The van der Waals surface area contributed by atoms with Crippen molar-refractivity contribution in [3.05, 3.63) is 0 Å². The number of ether oxygens (including phenoxy) is 2. The minimum Gasteiger partial charge on any atom is -0.395 e. The lowest BCUT2D eigenvalue weighted by atomic mass is 10.1. The zero-order valence-corrected chi connectivity index (χ0v) is 7.41. The van der Waals surface area contributed by atoms with Crippen LogP contribution >= 0.6 is 11.6 Å². The van der Waals surface area contributed by atoms with E-state index >= 15 is 0 Å². The Morgan fingerprint density at radius 3 is 2.75 bits per heavy atom. The zero-order chi connectivity index (χ0) is 8.97. The van der Waals surface area contributed by atoms with Gasteiger partial charge in [-0.25, -0.2) is 0 Å². The van der Waals surface area contributed by atoms with Crippen molar-refractivity contribution < 1.29 is 19.7 Å². The van der Waals surface area contributed by atoms with Crippen LogP contribution in [0.25, 0.3) is 0 Å². The summed E-state index contributed by atoms with van der Waals surface area (Å²) in [6.45, 7) is 1.10. The fourth-order valence-corrected chi connectivity index (χ4v) is 1.21. The first-order chi connectivity index (χ1) is 5.75. The van der Waals surface area contributed by atoms with Gasteiger partial charge in [-0.3, -0.25) is 0 Å². The van der Waals surface area contributed by atoms with Gasteiger partial charge in [-0.2, -0.15) is 0 Å². The highest BCUT2D eigenvalue weighted by atomic mass is 35.5. The molecule has 1 heterocycles. The first kappa shape index (κ1) is 10.2. The Morgan fingerprint density at radius 1 is 1.50 bits per heavy atom. The van der Waals surface area contributed by atoms with Gasteiger partial charge in [-0.15, -0.1) is 11.6 Å². The van der Waals surface area contributed by atoms with Crippen molar-refractivity contribution in [2.45, 2.75) is 17.6 Å². The van der Waals surface area contributed by atoms with Crippen molar-refractivity contribution in [2.24, 2.45) is 0 Å². The van der Waals surface area contributed by atoms with Gasteiger partial charge >= 0.3 is 0 Å². The molecule has 0 saturated carbocycles. The molecule has 0 aromatic carbocycles. The number of aliphatic hydroxyl groups excluding tert-OH is 2. The van der Waals surface area contributed by atoms with Gasteiger partial charge in [0.2, 0.25) is 0 Å². The molecule has 1 aliphatic heterocycles. The second-order valence-electron chi connectivity index (χ2n) is 2.67. The molecule has 0 aromatic rings. The first-order valence-corrected chi connectivity index (χ1v) is 4.31. The van der Waals surface area contributed by atoms with E-state index in [1.54, 1.807) is 0 Å². The highest BCUT2D eigenvalue weighted by molar-refractivity contribution is 6.21. The standard InChI is InChI=1S/C7H13ClO4/c8-5(3-9)7(10)6-4-11-1-2-12-6/h5-7,9-10H,1-4H2. The second-order valence-corrected chi connectivity index (χ2v) is 3.23. The van der Waals surface area contributed by atoms with Crippen molar-refractivity contribution in [2.75, 3.05) is 26.4 Å². The van der Waals surface area contributed by atoms with Gasteiger partial charge in [-0.1, -0.05) is 0 Å². The van der Waals surface area contributed by atoms with E-state index < -0.39 is 17.6 Å². The second kappa shape index (κ2) is 4.99. The van der Waals surface area contributed by atoms with Gasteiger partial charge in [0.15, 0.2) is 0 Å². The summed E-state index contributed by atoms with van der Waals surface area (Å²) in [5.74, 6) is 0. The lowest BCUT2D eigenvalue weighted by Crippen LogP contribution is -2.44. The molecule has 1 saturated heterocycles. The third kappa shape index (κ3) is 2.57. The fraction of sp³-hybridized carbons (Fsp3) is 1.00. The molecular formula is C7H13ClO4. The molecule has 0 aromatic heterocycles. The third-order valence-electron chi connectivity index (χ3n) is 1.77. The van der Waals surface area contributed by atoms with E-state index in [0.29, 0.717) is 19.8 Å². The van der Waals surface area contributed by atoms with Crippen LogP contribution in [-0.2, 0) is 9.47 Å². The first-order valence-electron chi connectivity index (χ1n) is 3.88. The maximum atomic E-state index is 9.45. The lowest BCUT2D eigenvalue weighted by molar-refractivity contribution is -0.133. The van der Waals surface area contributed by atoms with Crippen LogP contribution in [0.5, 0.6) is 0 Å². The third-order valence-corrected chi connectivity index (χ3v) is 2.16. The van der Waals surface area contributed by atoms with Crippen molar-refractivity contribution in [3.8, 4) is 0 Å². The van der Waals surface area contributed by atoms with Crippen molar-refractivity contribution in [1.29, 1.82) is 0 Å². The monoisotopic (exact) mass is 196 g/mol. The maximum absolute atomic E-state index is 9.45. The molecular weight excluding hydrogens is 184 g/mol. The molecule has 1 fully saturated rings. The lowest BCUT2D eigenvalue weighted by Gasteiger charge is -2.28. The molecule has 1 aliphatic rings. The number of hydrogen-bond donors (Lipinski definition) is 2. The van der Waals surface area contributed by atoms with Crippen LogP contribution in [0, 0.1) is 0 Å². The Morgan fingerprint density at radius 2 is 2.25 bits per heavy atom. The minimum absolute atomic E-state index is 0.261. The molecule has 3 unspecified atom stereocenters. The molecule has 1 rings (SSSR count). The van der Waals surface area contributed by atoms with Gasteiger partial charge in [0.1, 0.15) is 12.2 Å². The molecule has 72 valence electrons. The van der Waals surface area contributed by atoms with E-state index in [9.17, 15) is 5.11 Å². The van der Waals surface area contributed by atoms with Crippen LogP contribution in [0.1, 0.15) is 0 Å². The summed E-state index contributed by atoms with van der Waals surface area (Å²) in [6, 6.07) is 0. The SMILES string of the molecule is OCC(Cl)C(O)C1COCCO1. The highest BCUT2D eigenvalue weighted by Crippen LogP contribution is 2.12. The van der Waals surface area contributed by atoms with E-state index in [1.165, 1.54) is 0 Å². The molecule has 0 spiro atoms. The van der Waals surface area contributed by atoms with E-state index in [2.05, 4.69) is 0 Å². The average Bonchev–Trinajstić information content (AvgIpc) is 2.17. The van der Waals surface area contributed by atoms with Crippen molar-refractivity contribution >= 4 is 11.6 Å². The Bertz CT molecular complexity index is 127. The Kier molecular flexibility index (Phi) is 4.25. The van der Waals surface area contributed by atoms with Crippen LogP contribution in [0.2, 0.25) is 0 Å². The van der Waals surface area contributed by atoms with Crippen LogP contribution in [0.15, 0.2) is 0 Å². The molecule has 0 aliphatic carbocycles. The van der Waals surface area contributed by atoms with Crippen LogP contribution in [0.4, 0.5) is 0 Å². The zero-order valence-electron chi connectivity index (χ0n) is 6.65. The Labute approximate surface area is 76.0 Å². The molecule has 12 heavy (non-hydrogen) atoms. The van der Waals surface area contributed by atoms with Gasteiger partial charge in [0.05, 0.1) is 31.8 Å². The maximum Gasteiger partial charge on any atom is 0.108 e. The van der Waals surface area contributed by atoms with Crippen LogP contribution < -0.4 is 0 Å². The Balaban J connectivity index is 2.33. The summed E-state index contributed by atoms with van der Waals surface area (Å²) >= 11 is 5.61. The number of rotatable bonds is 3. The summed E-state index contributed by atoms with van der Waals surface area (Å²) in [4.78, 5) is 0. The topological polar surface area (TPSA) is 58.9 Å². The summed E-state index contributed by atoms with van der Waals surface area (Å²) in [7, 11) is 0. The predicted molar refractivity (Wildman–Crippen MR) is 43.3 cm³/mol. The number of halogens is 1. The normalized spacial score (nSPS) is 29.8. The van der Waals surface area contributed by atoms with E-state index in [-0.39, 0.29) is 6.61 Å². The summed E-state index contributed by atoms with van der Waals surface area (Å²) in [5, 5.41) is 17.4. The molecule has 4 nitrogen and oxygen atoms in total. The van der Waals surface area contributed by atoms with Gasteiger partial charge in [0, 0.05) is 0 Å². The van der Waals surface area contributed by atoms with E-state index in [4.69, 9.17) is 26.2 Å². The van der Waals surface area contributed by atoms with Crippen LogP contribution in [0.3, 0.4) is 0 Å². The molecule has 5 heteroatoms. The number of hydrogen-bond acceptors (Lipinski definition) is 4. The fourth-order valence-electron chi connectivity index (χ4n) is 1.04.